The predicted molar refractivity (Wildman–Crippen MR) is 67.5 cm³/mol. The average molecular weight is 245 g/mol. The SMILES string of the molecule is Nc1cc(O)ccc1NC(=O)c1ccc(=O)[nH]c1. The summed E-state index contributed by atoms with van der Waals surface area (Å²) in [6.45, 7) is 0. The summed E-state index contributed by atoms with van der Waals surface area (Å²) in [6, 6.07) is 6.91. The van der Waals surface area contributed by atoms with Crippen LogP contribution in [0.15, 0.2) is 41.3 Å². The number of phenolic OH excluding ortho intramolecular Hbond substituents is 1. The van der Waals surface area contributed by atoms with Crippen molar-refractivity contribution in [2.75, 3.05) is 11.1 Å². The van der Waals surface area contributed by atoms with Gasteiger partial charge in [-0.2, -0.15) is 0 Å². The molecule has 0 fully saturated rings. The number of phenols is 1. The van der Waals surface area contributed by atoms with Crippen LogP contribution in [0.3, 0.4) is 0 Å². The zero-order valence-electron chi connectivity index (χ0n) is 9.31. The Hall–Kier alpha value is -2.76. The molecule has 1 amide bonds. The molecule has 1 heterocycles. The van der Waals surface area contributed by atoms with E-state index in [0.717, 1.165) is 0 Å². The number of hydrogen-bond donors (Lipinski definition) is 4. The molecular weight excluding hydrogens is 234 g/mol. The Morgan fingerprint density at radius 3 is 2.67 bits per heavy atom. The zero-order chi connectivity index (χ0) is 13.1. The standard InChI is InChI=1S/C12H11N3O3/c13-9-5-8(16)2-3-10(9)15-12(18)7-1-4-11(17)14-6-7/h1-6,16H,13H2,(H,14,17)(H,15,18). The maximum Gasteiger partial charge on any atom is 0.257 e. The molecule has 6 nitrogen and oxygen atoms in total. The third kappa shape index (κ3) is 2.49. The lowest BCUT2D eigenvalue weighted by molar-refractivity contribution is 0.102. The van der Waals surface area contributed by atoms with Gasteiger partial charge in [0.05, 0.1) is 16.9 Å². The highest BCUT2D eigenvalue weighted by atomic mass is 16.3. The Morgan fingerprint density at radius 2 is 2.06 bits per heavy atom. The molecule has 92 valence electrons. The van der Waals surface area contributed by atoms with Gasteiger partial charge in [0.1, 0.15) is 5.75 Å². The average Bonchev–Trinajstić information content (AvgIpc) is 2.33. The fourth-order valence-electron chi connectivity index (χ4n) is 1.41. The Balaban J connectivity index is 2.21. The van der Waals surface area contributed by atoms with Crippen LogP contribution in [-0.2, 0) is 0 Å². The van der Waals surface area contributed by atoms with Crippen LogP contribution < -0.4 is 16.6 Å². The van der Waals surface area contributed by atoms with Gasteiger partial charge in [0.15, 0.2) is 0 Å². The number of hydrogen-bond acceptors (Lipinski definition) is 4. The van der Waals surface area contributed by atoms with Crippen molar-refractivity contribution in [1.29, 1.82) is 0 Å². The number of nitrogen functional groups attached to an aromatic ring is 1. The summed E-state index contributed by atoms with van der Waals surface area (Å²) in [5.74, 6) is -0.377. The highest BCUT2D eigenvalue weighted by Crippen LogP contribution is 2.23. The van der Waals surface area contributed by atoms with E-state index in [0.29, 0.717) is 11.3 Å². The number of aromatic amines is 1. The second-order valence-corrected chi connectivity index (χ2v) is 3.67. The highest BCUT2D eigenvalue weighted by molar-refractivity contribution is 6.05. The van der Waals surface area contributed by atoms with Gasteiger partial charge >= 0.3 is 0 Å². The van der Waals surface area contributed by atoms with Crippen LogP contribution in [0.5, 0.6) is 5.75 Å². The quantitative estimate of drug-likeness (QED) is 0.466. The van der Waals surface area contributed by atoms with E-state index in [1.165, 1.54) is 36.5 Å². The van der Waals surface area contributed by atoms with Crippen molar-refractivity contribution in [3.8, 4) is 5.75 Å². The lowest BCUT2D eigenvalue weighted by Crippen LogP contribution is -2.15. The molecule has 0 unspecified atom stereocenters. The van der Waals surface area contributed by atoms with E-state index in [2.05, 4.69) is 10.3 Å². The summed E-state index contributed by atoms with van der Waals surface area (Å²) in [6.07, 6.45) is 1.31. The Labute approximate surface area is 102 Å². The van der Waals surface area contributed by atoms with Gasteiger partial charge < -0.3 is 21.1 Å². The van der Waals surface area contributed by atoms with Gasteiger partial charge in [-0.25, -0.2) is 0 Å². The van der Waals surface area contributed by atoms with Gasteiger partial charge in [-0.05, 0) is 18.2 Å². The first-order valence-electron chi connectivity index (χ1n) is 5.15. The van der Waals surface area contributed by atoms with E-state index in [1.54, 1.807) is 0 Å². The number of benzene rings is 1. The number of carbonyl (C=O) groups is 1. The molecule has 0 saturated carbocycles. The smallest absolute Gasteiger partial charge is 0.257 e. The van der Waals surface area contributed by atoms with Gasteiger partial charge in [0, 0.05) is 18.3 Å². The third-order valence-electron chi connectivity index (χ3n) is 2.33. The molecule has 0 saturated heterocycles. The molecule has 2 aromatic rings. The minimum Gasteiger partial charge on any atom is -0.508 e. The topological polar surface area (TPSA) is 108 Å². The van der Waals surface area contributed by atoms with Crippen LogP contribution >= 0.6 is 0 Å². The molecule has 2 rings (SSSR count). The summed E-state index contributed by atoms with van der Waals surface area (Å²) in [4.78, 5) is 25.1. The van der Waals surface area contributed by atoms with E-state index >= 15 is 0 Å². The lowest BCUT2D eigenvalue weighted by Gasteiger charge is -2.08. The molecule has 1 aromatic carbocycles. The number of amides is 1. The molecule has 5 N–H and O–H groups in total. The number of pyridine rings is 1. The van der Waals surface area contributed by atoms with Crippen molar-refractivity contribution in [3.05, 3.63) is 52.4 Å². The van der Waals surface area contributed by atoms with Crippen molar-refractivity contribution in [1.82, 2.24) is 4.98 Å². The normalized spacial score (nSPS) is 10.0. The first kappa shape index (κ1) is 11.7. The van der Waals surface area contributed by atoms with E-state index < -0.39 is 5.91 Å². The second-order valence-electron chi connectivity index (χ2n) is 3.67. The molecule has 0 bridgehead atoms. The summed E-state index contributed by atoms with van der Waals surface area (Å²) >= 11 is 0. The number of aromatic nitrogens is 1. The van der Waals surface area contributed by atoms with Crippen LogP contribution in [0.2, 0.25) is 0 Å². The number of nitrogens with two attached hydrogens (primary N) is 1. The van der Waals surface area contributed by atoms with Gasteiger partial charge in [-0.1, -0.05) is 0 Å². The number of H-pyrrole nitrogens is 1. The number of aromatic hydroxyl groups is 1. The summed E-state index contributed by atoms with van der Waals surface area (Å²) in [5.41, 5.74) is 6.31. The number of nitrogens with one attached hydrogen (secondary N) is 2. The van der Waals surface area contributed by atoms with Gasteiger partial charge in [0.2, 0.25) is 5.56 Å². The van der Waals surface area contributed by atoms with Crippen molar-refractivity contribution in [2.24, 2.45) is 0 Å². The van der Waals surface area contributed by atoms with Crippen molar-refractivity contribution >= 4 is 17.3 Å². The molecule has 0 aliphatic rings. The van der Waals surface area contributed by atoms with Gasteiger partial charge in [0.25, 0.3) is 5.91 Å². The molecule has 0 radical (unpaired) electrons. The van der Waals surface area contributed by atoms with Crippen molar-refractivity contribution < 1.29 is 9.90 Å². The minimum absolute atomic E-state index is 0.0227. The highest BCUT2D eigenvalue weighted by Gasteiger charge is 2.08. The molecule has 0 spiro atoms. The van der Waals surface area contributed by atoms with E-state index in [9.17, 15) is 14.7 Å². The van der Waals surface area contributed by atoms with Crippen LogP contribution in [-0.4, -0.2) is 16.0 Å². The van der Waals surface area contributed by atoms with Crippen molar-refractivity contribution in [3.63, 3.8) is 0 Å². The van der Waals surface area contributed by atoms with E-state index in [-0.39, 0.29) is 17.0 Å². The third-order valence-corrected chi connectivity index (χ3v) is 2.33. The fourth-order valence-corrected chi connectivity index (χ4v) is 1.41. The minimum atomic E-state index is -0.399. The number of carbonyl (C=O) groups excluding carboxylic acids is 1. The Morgan fingerprint density at radius 1 is 1.28 bits per heavy atom. The maximum atomic E-state index is 11.8. The zero-order valence-corrected chi connectivity index (χ0v) is 9.31. The molecule has 0 atom stereocenters. The molecule has 0 aliphatic heterocycles. The summed E-state index contributed by atoms with van der Waals surface area (Å²) < 4.78 is 0. The first-order valence-corrected chi connectivity index (χ1v) is 5.15. The van der Waals surface area contributed by atoms with Crippen LogP contribution in [0.25, 0.3) is 0 Å². The monoisotopic (exact) mass is 245 g/mol. The maximum absolute atomic E-state index is 11.8. The predicted octanol–water partition coefficient (Wildman–Crippen LogP) is 0.915. The van der Waals surface area contributed by atoms with Gasteiger partial charge in [-0.3, -0.25) is 9.59 Å². The summed E-state index contributed by atoms with van der Waals surface area (Å²) in [5, 5.41) is 11.8. The first-order chi connectivity index (χ1) is 8.56. The van der Waals surface area contributed by atoms with Gasteiger partial charge in [-0.15, -0.1) is 0 Å². The fraction of sp³-hybridized carbons (Fsp3) is 0. The number of anilines is 2. The van der Waals surface area contributed by atoms with Crippen LogP contribution in [0, 0.1) is 0 Å². The molecule has 18 heavy (non-hydrogen) atoms. The van der Waals surface area contributed by atoms with Crippen LogP contribution in [0.1, 0.15) is 10.4 Å². The Kier molecular flexibility index (Phi) is 3.01. The van der Waals surface area contributed by atoms with E-state index in [1.807, 2.05) is 0 Å². The Bertz CT molecular complexity index is 629. The summed E-state index contributed by atoms with van der Waals surface area (Å²) in [7, 11) is 0. The molecule has 0 aliphatic carbocycles. The largest absolute Gasteiger partial charge is 0.508 e. The van der Waals surface area contributed by atoms with Crippen molar-refractivity contribution in [2.45, 2.75) is 0 Å². The molecule has 1 aromatic heterocycles. The molecule has 6 heteroatoms. The second kappa shape index (κ2) is 4.62. The van der Waals surface area contributed by atoms with Crippen LogP contribution in [0.4, 0.5) is 11.4 Å². The van der Waals surface area contributed by atoms with E-state index in [4.69, 9.17) is 5.73 Å². The number of rotatable bonds is 2. The lowest BCUT2D eigenvalue weighted by atomic mass is 10.2. The molecular formula is C12H11N3O3.